The van der Waals surface area contributed by atoms with Gasteiger partial charge < -0.3 is 5.73 Å². The topological polar surface area (TPSA) is 58.4 Å². The molecular weight excluding hydrogens is 142 g/mol. The fourth-order valence-corrected chi connectivity index (χ4v) is 1.11. The van der Waals surface area contributed by atoms with Gasteiger partial charge in [-0.25, -0.2) is 5.01 Å². The third-order valence-corrected chi connectivity index (χ3v) is 1.83. The van der Waals surface area contributed by atoms with Gasteiger partial charge in [0.25, 0.3) is 0 Å². The molecule has 0 bridgehead atoms. The van der Waals surface area contributed by atoms with Crippen molar-refractivity contribution in [2.45, 2.75) is 13.3 Å². The van der Waals surface area contributed by atoms with Gasteiger partial charge in [-0.05, 0) is 12.5 Å². The van der Waals surface area contributed by atoms with Crippen LogP contribution in [0.5, 0.6) is 0 Å². The van der Waals surface area contributed by atoms with Gasteiger partial charge in [0.05, 0.1) is 0 Å². The highest BCUT2D eigenvalue weighted by atomic mass is 16.2. The molecule has 1 aliphatic heterocycles. The van der Waals surface area contributed by atoms with Crippen LogP contribution in [0.25, 0.3) is 0 Å². The fraction of sp³-hybridized carbons (Fsp3) is 0.857. The molecule has 1 saturated heterocycles. The van der Waals surface area contributed by atoms with E-state index >= 15 is 0 Å². The van der Waals surface area contributed by atoms with Gasteiger partial charge in [-0.2, -0.15) is 0 Å². The minimum absolute atomic E-state index is 0.120. The summed E-state index contributed by atoms with van der Waals surface area (Å²) in [6.45, 7) is 4.43. The molecule has 1 heterocycles. The van der Waals surface area contributed by atoms with Crippen molar-refractivity contribution in [3.63, 3.8) is 0 Å². The second-order valence-corrected chi connectivity index (χ2v) is 3.07. The highest BCUT2D eigenvalue weighted by Crippen LogP contribution is 2.01. The number of carbonyl (C=O) groups excluding carboxylic acids is 1. The number of rotatable bonds is 3. The lowest BCUT2D eigenvalue weighted by Gasteiger charge is -2.18. The Bertz CT molecular complexity index is 149. The van der Waals surface area contributed by atoms with Crippen molar-refractivity contribution in [3.8, 4) is 0 Å². The molecule has 1 amide bonds. The predicted molar refractivity (Wildman–Crippen MR) is 42.6 cm³/mol. The van der Waals surface area contributed by atoms with Crippen LogP contribution >= 0.6 is 0 Å². The first-order valence-electron chi connectivity index (χ1n) is 3.97. The molecule has 1 aliphatic rings. The molecule has 11 heavy (non-hydrogen) atoms. The maximum absolute atomic E-state index is 10.7. The van der Waals surface area contributed by atoms with Crippen LogP contribution < -0.4 is 11.2 Å². The Morgan fingerprint density at radius 3 is 3.00 bits per heavy atom. The monoisotopic (exact) mass is 157 g/mol. The molecule has 0 saturated carbocycles. The van der Waals surface area contributed by atoms with Crippen LogP contribution in [-0.4, -0.2) is 30.6 Å². The van der Waals surface area contributed by atoms with Crippen molar-refractivity contribution in [2.24, 2.45) is 11.7 Å². The van der Waals surface area contributed by atoms with E-state index in [1.165, 1.54) is 0 Å². The van der Waals surface area contributed by atoms with Gasteiger partial charge in [0.15, 0.2) is 0 Å². The van der Waals surface area contributed by atoms with Gasteiger partial charge >= 0.3 is 0 Å². The Morgan fingerprint density at radius 1 is 1.82 bits per heavy atom. The Kier molecular flexibility index (Phi) is 2.84. The largest absolute Gasteiger partial charge is 0.330 e. The van der Waals surface area contributed by atoms with Gasteiger partial charge in [0.2, 0.25) is 5.91 Å². The standard InChI is InChI=1S/C7H15N3O/c1-6(4-8)5-10-3-2-7(11)9-10/h6H,2-5,8H2,1H3,(H,9,11). The Labute approximate surface area is 66.7 Å². The lowest BCUT2D eigenvalue weighted by Crippen LogP contribution is -2.38. The number of carbonyl (C=O) groups is 1. The number of hydrogen-bond donors (Lipinski definition) is 2. The Balaban J connectivity index is 2.22. The van der Waals surface area contributed by atoms with E-state index in [0.717, 1.165) is 13.1 Å². The average molecular weight is 157 g/mol. The number of nitrogens with one attached hydrogen (secondary N) is 1. The first kappa shape index (κ1) is 8.49. The summed E-state index contributed by atoms with van der Waals surface area (Å²) in [5.74, 6) is 0.572. The molecular formula is C7H15N3O. The van der Waals surface area contributed by atoms with E-state index in [1.807, 2.05) is 5.01 Å². The normalized spacial score (nSPS) is 21.8. The molecule has 4 heteroatoms. The summed E-state index contributed by atoms with van der Waals surface area (Å²) in [6.07, 6.45) is 0.622. The van der Waals surface area contributed by atoms with E-state index in [2.05, 4.69) is 12.3 Å². The maximum atomic E-state index is 10.7. The molecule has 64 valence electrons. The SMILES string of the molecule is CC(CN)CN1CCC(=O)N1. The lowest BCUT2D eigenvalue weighted by molar-refractivity contribution is -0.121. The molecule has 1 rings (SSSR count). The number of nitrogens with two attached hydrogens (primary N) is 1. The molecule has 0 aromatic carbocycles. The fourth-order valence-electron chi connectivity index (χ4n) is 1.11. The van der Waals surface area contributed by atoms with E-state index in [0.29, 0.717) is 18.9 Å². The van der Waals surface area contributed by atoms with Crippen molar-refractivity contribution in [1.82, 2.24) is 10.4 Å². The number of hydrogen-bond acceptors (Lipinski definition) is 3. The summed E-state index contributed by atoms with van der Waals surface area (Å²) in [5.41, 5.74) is 8.20. The summed E-state index contributed by atoms with van der Waals surface area (Å²) in [4.78, 5) is 10.7. The summed E-state index contributed by atoms with van der Waals surface area (Å²) in [6, 6.07) is 0. The van der Waals surface area contributed by atoms with Gasteiger partial charge in [-0.15, -0.1) is 0 Å². The van der Waals surface area contributed by atoms with Gasteiger partial charge in [0, 0.05) is 19.5 Å². The highest BCUT2D eigenvalue weighted by Gasteiger charge is 2.18. The zero-order valence-corrected chi connectivity index (χ0v) is 6.84. The van der Waals surface area contributed by atoms with Crippen molar-refractivity contribution in [2.75, 3.05) is 19.6 Å². The quantitative estimate of drug-likeness (QED) is 0.570. The van der Waals surface area contributed by atoms with Crippen LogP contribution in [0.3, 0.4) is 0 Å². The average Bonchev–Trinajstić information content (AvgIpc) is 2.35. The predicted octanol–water partition coefficient (Wildman–Crippen LogP) is -0.682. The van der Waals surface area contributed by atoms with E-state index in [4.69, 9.17) is 5.73 Å². The number of nitrogens with zero attached hydrogens (tertiary/aromatic N) is 1. The molecule has 0 aromatic rings. The van der Waals surface area contributed by atoms with Gasteiger partial charge in [0.1, 0.15) is 0 Å². The molecule has 1 unspecified atom stereocenters. The number of amides is 1. The summed E-state index contributed by atoms with van der Waals surface area (Å²) >= 11 is 0. The van der Waals surface area contributed by atoms with Crippen molar-refractivity contribution in [1.29, 1.82) is 0 Å². The zero-order valence-electron chi connectivity index (χ0n) is 6.84. The minimum atomic E-state index is 0.120. The second-order valence-electron chi connectivity index (χ2n) is 3.07. The third kappa shape index (κ3) is 2.48. The second kappa shape index (κ2) is 3.69. The van der Waals surface area contributed by atoms with E-state index in [9.17, 15) is 4.79 Å². The molecule has 4 nitrogen and oxygen atoms in total. The lowest BCUT2D eigenvalue weighted by atomic mass is 10.2. The molecule has 0 aromatic heterocycles. The van der Waals surface area contributed by atoms with Crippen molar-refractivity contribution < 1.29 is 4.79 Å². The minimum Gasteiger partial charge on any atom is -0.330 e. The smallest absolute Gasteiger partial charge is 0.235 e. The van der Waals surface area contributed by atoms with E-state index in [1.54, 1.807) is 0 Å². The van der Waals surface area contributed by atoms with Crippen LogP contribution in [0.2, 0.25) is 0 Å². The zero-order chi connectivity index (χ0) is 8.27. The number of hydrazine groups is 1. The van der Waals surface area contributed by atoms with Crippen molar-refractivity contribution in [3.05, 3.63) is 0 Å². The molecule has 1 atom stereocenters. The Hall–Kier alpha value is -0.610. The van der Waals surface area contributed by atoms with Gasteiger partial charge in [-0.3, -0.25) is 10.2 Å². The van der Waals surface area contributed by atoms with Gasteiger partial charge in [-0.1, -0.05) is 6.92 Å². The molecule has 0 radical (unpaired) electrons. The van der Waals surface area contributed by atoms with E-state index < -0.39 is 0 Å². The van der Waals surface area contributed by atoms with Crippen LogP contribution in [0.4, 0.5) is 0 Å². The van der Waals surface area contributed by atoms with Crippen LogP contribution in [0, 0.1) is 5.92 Å². The first-order valence-corrected chi connectivity index (χ1v) is 3.97. The highest BCUT2D eigenvalue weighted by molar-refractivity contribution is 5.77. The van der Waals surface area contributed by atoms with Crippen LogP contribution in [0.15, 0.2) is 0 Å². The van der Waals surface area contributed by atoms with Crippen LogP contribution in [0.1, 0.15) is 13.3 Å². The molecule has 0 aliphatic carbocycles. The maximum Gasteiger partial charge on any atom is 0.235 e. The molecule has 3 N–H and O–H groups in total. The van der Waals surface area contributed by atoms with Crippen LogP contribution in [-0.2, 0) is 4.79 Å². The first-order chi connectivity index (χ1) is 5.22. The third-order valence-electron chi connectivity index (χ3n) is 1.83. The summed E-state index contributed by atoms with van der Waals surface area (Å²) in [7, 11) is 0. The van der Waals surface area contributed by atoms with Crippen molar-refractivity contribution >= 4 is 5.91 Å². The Morgan fingerprint density at radius 2 is 2.55 bits per heavy atom. The van der Waals surface area contributed by atoms with E-state index in [-0.39, 0.29) is 5.91 Å². The molecule has 1 fully saturated rings. The summed E-state index contributed by atoms with van der Waals surface area (Å²) in [5, 5.41) is 1.93. The molecule has 0 spiro atoms. The summed E-state index contributed by atoms with van der Waals surface area (Å²) < 4.78 is 0.